The molecule has 1 spiro atoms. The van der Waals surface area contributed by atoms with Crippen molar-refractivity contribution in [2.24, 2.45) is 5.92 Å². The molecule has 0 bridgehead atoms. The number of methoxy groups -OCH3 is 1. The Kier molecular flexibility index (Phi) is 6.75. The van der Waals surface area contributed by atoms with Gasteiger partial charge in [0.15, 0.2) is 0 Å². The summed E-state index contributed by atoms with van der Waals surface area (Å²) in [4.78, 5) is 12.7. The molecule has 1 saturated carbocycles. The van der Waals surface area contributed by atoms with Crippen molar-refractivity contribution in [3.05, 3.63) is 70.8 Å². The molecule has 1 aliphatic heterocycles. The van der Waals surface area contributed by atoms with Crippen LogP contribution in [0.5, 0.6) is 0 Å². The van der Waals surface area contributed by atoms with E-state index in [0.717, 1.165) is 16.7 Å². The number of ether oxygens (including phenoxy) is 2. The number of carbonyl (C=O) groups excluding carboxylic acids is 1. The van der Waals surface area contributed by atoms with E-state index in [2.05, 4.69) is 15.5 Å². The van der Waals surface area contributed by atoms with Gasteiger partial charge in [-0.15, -0.1) is 5.10 Å². The molecule has 0 radical (unpaired) electrons. The van der Waals surface area contributed by atoms with E-state index in [4.69, 9.17) is 9.47 Å². The predicted octanol–water partition coefficient (Wildman–Crippen LogP) is 5.55. The van der Waals surface area contributed by atoms with E-state index < -0.39 is 23.5 Å². The van der Waals surface area contributed by atoms with E-state index in [0.29, 0.717) is 30.6 Å². The highest BCUT2D eigenvalue weighted by Crippen LogP contribution is 2.57. The highest BCUT2D eigenvalue weighted by atomic mass is 19.4. The van der Waals surface area contributed by atoms with Crippen LogP contribution in [0, 0.1) is 11.7 Å². The number of carbonyl (C=O) groups is 1. The molecule has 7 nitrogen and oxygen atoms in total. The smallest absolute Gasteiger partial charge is 0.453 e. The van der Waals surface area contributed by atoms with Crippen LogP contribution in [0.1, 0.15) is 73.4 Å². The summed E-state index contributed by atoms with van der Waals surface area (Å²) in [6.45, 7) is 4.37. The third kappa shape index (κ3) is 4.57. The minimum Gasteiger partial charge on any atom is -0.469 e. The number of tetrazole rings is 1. The molecule has 3 aromatic rings. The lowest BCUT2D eigenvalue weighted by atomic mass is 9.75. The van der Waals surface area contributed by atoms with Crippen molar-refractivity contribution in [1.29, 1.82) is 0 Å². The summed E-state index contributed by atoms with van der Waals surface area (Å²) in [5.74, 6) is -2.75. The molecule has 4 atom stereocenters. The van der Waals surface area contributed by atoms with Gasteiger partial charge in [0, 0.05) is 11.8 Å². The zero-order valence-electron chi connectivity index (χ0n) is 21.2. The van der Waals surface area contributed by atoms with Gasteiger partial charge in [-0.1, -0.05) is 32.0 Å². The lowest BCUT2D eigenvalue weighted by Gasteiger charge is -2.33. The average molecular weight is 533 g/mol. The summed E-state index contributed by atoms with van der Waals surface area (Å²) >= 11 is 0. The molecule has 3 unspecified atom stereocenters. The van der Waals surface area contributed by atoms with Crippen LogP contribution >= 0.6 is 0 Å². The molecule has 38 heavy (non-hydrogen) atoms. The lowest BCUT2D eigenvalue weighted by Crippen LogP contribution is -2.35. The molecule has 0 amide bonds. The number of esters is 1. The van der Waals surface area contributed by atoms with Crippen molar-refractivity contribution in [2.45, 2.75) is 62.6 Å². The molecule has 1 saturated heterocycles. The second-order valence-corrected chi connectivity index (χ2v) is 10.4. The average Bonchev–Trinajstić information content (AvgIpc) is 3.63. The van der Waals surface area contributed by atoms with Gasteiger partial charge in [-0.25, -0.2) is 4.39 Å². The third-order valence-electron chi connectivity index (χ3n) is 7.84. The van der Waals surface area contributed by atoms with Crippen molar-refractivity contribution in [3.8, 4) is 5.69 Å². The second kappa shape index (κ2) is 9.76. The number of rotatable bonds is 5. The van der Waals surface area contributed by atoms with E-state index >= 15 is 0 Å². The maximum atomic E-state index is 13.7. The summed E-state index contributed by atoms with van der Waals surface area (Å²) < 4.78 is 66.5. The van der Waals surface area contributed by atoms with Crippen LogP contribution in [-0.4, -0.2) is 45.5 Å². The molecule has 202 valence electrons. The number of nitrogens with zero attached hydrogens (tertiary/aromatic N) is 4. The second-order valence-electron chi connectivity index (χ2n) is 10.4. The van der Waals surface area contributed by atoms with E-state index in [9.17, 15) is 22.4 Å². The molecule has 2 fully saturated rings. The van der Waals surface area contributed by atoms with Crippen molar-refractivity contribution in [3.63, 3.8) is 0 Å². The Morgan fingerprint density at radius 1 is 1.18 bits per heavy atom. The predicted molar refractivity (Wildman–Crippen MR) is 128 cm³/mol. The minimum absolute atomic E-state index is 0.103. The molecule has 2 aliphatic rings. The van der Waals surface area contributed by atoms with Crippen molar-refractivity contribution < 1.29 is 31.8 Å². The largest absolute Gasteiger partial charge is 0.469 e. The Hall–Kier alpha value is -3.34. The highest BCUT2D eigenvalue weighted by Gasteiger charge is 2.56. The summed E-state index contributed by atoms with van der Waals surface area (Å²) in [6.07, 6.45) is -3.01. The number of hydrogen-bond donors (Lipinski definition) is 0. The SMILES string of the molecule is COC(=O)C1CC[C@@]2(CC(c3cc(-n4nnnc4C(F)(F)F)ccc3C(C)C)CO2)C1c1ccc(F)cc1. The molecule has 1 aromatic heterocycles. The van der Waals surface area contributed by atoms with Crippen LogP contribution in [0.2, 0.25) is 0 Å². The van der Waals surface area contributed by atoms with Crippen molar-refractivity contribution in [2.75, 3.05) is 13.7 Å². The number of halogens is 4. The summed E-state index contributed by atoms with van der Waals surface area (Å²) in [7, 11) is 1.35. The van der Waals surface area contributed by atoms with Crippen LogP contribution in [0.25, 0.3) is 5.69 Å². The van der Waals surface area contributed by atoms with E-state index in [1.54, 1.807) is 24.3 Å². The standard InChI is InChI=1S/C27H28F4N4O3/c1-15(2)20-9-8-19(35-25(27(29,30)31)32-33-34-35)12-22(20)17-13-26(38-14-17)11-10-21(24(36)37-3)23(26)16-4-6-18(28)7-5-16/h4-9,12,15,17,21,23H,10-11,13-14H2,1-3H3/t17?,21?,23?,26-/m1/s1. The number of aromatic nitrogens is 4. The fourth-order valence-electron chi connectivity index (χ4n) is 6.20. The van der Waals surface area contributed by atoms with Crippen LogP contribution in [0.4, 0.5) is 17.6 Å². The first kappa shape index (κ1) is 26.3. The van der Waals surface area contributed by atoms with Crippen molar-refractivity contribution in [1.82, 2.24) is 20.2 Å². The molecular weight excluding hydrogens is 504 g/mol. The Labute approximate surface area is 217 Å². The Bertz CT molecular complexity index is 1320. The Morgan fingerprint density at radius 2 is 1.92 bits per heavy atom. The van der Waals surface area contributed by atoms with Gasteiger partial charge in [0.1, 0.15) is 5.82 Å². The van der Waals surface area contributed by atoms with Crippen LogP contribution in [0.3, 0.4) is 0 Å². The molecule has 2 aromatic carbocycles. The Morgan fingerprint density at radius 3 is 2.58 bits per heavy atom. The highest BCUT2D eigenvalue weighted by molar-refractivity contribution is 5.74. The van der Waals surface area contributed by atoms with Gasteiger partial charge in [0.05, 0.1) is 30.9 Å². The summed E-state index contributed by atoms with van der Waals surface area (Å²) in [6, 6.07) is 11.2. The molecular formula is C27H28F4N4O3. The fraction of sp³-hybridized carbons (Fsp3) is 0.481. The van der Waals surface area contributed by atoms with Gasteiger partial charge in [0.2, 0.25) is 0 Å². The normalized spacial score (nSPS) is 25.4. The Balaban J connectivity index is 1.53. The first-order valence-electron chi connectivity index (χ1n) is 12.5. The maximum absolute atomic E-state index is 13.7. The molecule has 0 N–H and O–H groups in total. The fourth-order valence-corrected chi connectivity index (χ4v) is 6.20. The zero-order chi connectivity index (χ0) is 27.2. The van der Waals surface area contributed by atoms with Crippen LogP contribution in [0.15, 0.2) is 42.5 Å². The molecule has 2 heterocycles. The molecule has 5 rings (SSSR count). The number of hydrogen-bond acceptors (Lipinski definition) is 6. The zero-order valence-corrected chi connectivity index (χ0v) is 21.2. The summed E-state index contributed by atoms with van der Waals surface area (Å²) in [5, 5.41) is 9.99. The van der Waals surface area contributed by atoms with E-state index in [1.807, 2.05) is 19.9 Å². The van der Waals surface area contributed by atoms with Gasteiger partial charge in [-0.3, -0.25) is 4.79 Å². The first-order valence-corrected chi connectivity index (χ1v) is 12.5. The van der Waals surface area contributed by atoms with E-state index in [-0.39, 0.29) is 35.2 Å². The topological polar surface area (TPSA) is 79.1 Å². The quantitative estimate of drug-likeness (QED) is 0.317. The number of benzene rings is 2. The molecule has 1 aliphatic carbocycles. The van der Waals surface area contributed by atoms with Gasteiger partial charge < -0.3 is 9.47 Å². The molecule has 11 heteroatoms. The minimum atomic E-state index is -4.71. The van der Waals surface area contributed by atoms with Gasteiger partial charge in [-0.05, 0) is 76.6 Å². The monoisotopic (exact) mass is 532 g/mol. The third-order valence-corrected chi connectivity index (χ3v) is 7.84. The van der Waals surface area contributed by atoms with E-state index in [1.165, 1.54) is 19.2 Å². The first-order chi connectivity index (χ1) is 18.0. The van der Waals surface area contributed by atoms with Crippen molar-refractivity contribution >= 4 is 5.97 Å². The van der Waals surface area contributed by atoms with Crippen LogP contribution < -0.4 is 0 Å². The number of alkyl halides is 3. The van der Waals surface area contributed by atoms with Gasteiger partial charge in [0.25, 0.3) is 5.82 Å². The maximum Gasteiger partial charge on any atom is 0.453 e. The lowest BCUT2D eigenvalue weighted by molar-refractivity contribution is -0.147. The van der Waals surface area contributed by atoms with Gasteiger partial charge in [-0.2, -0.15) is 17.9 Å². The van der Waals surface area contributed by atoms with Crippen LogP contribution in [-0.2, 0) is 20.4 Å². The van der Waals surface area contributed by atoms with Gasteiger partial charge >= 0.3 is 12.1 Å². The summed E-state index contributed by atoms with van der Waals surface area (Å²) in [5.41, 5.74) is 2.15.